The monoisotopic (exact) mass is 381 g/mol. The van der Waals surface area contributed by atoms with E-state index in [0.29, 0.717) is 27.3 Å². The van der Waals surface area contributed by atoms with Gasteiger partial charge in [-0.1, -0.05) is 35.9 Å². The van der Waals surface area contributed by atoms with Crippen molar-refractivity contribution >= 4 is 39.4 Å². The Morgan fingerprint density at radius 1 is 1.19 bits per heavy atom. The minimum absolute atomic E-state index is 0.0398. The molecule has 136 valence electrons. The van der Waals surface area contributed by atoms with E-state index in [-0.39, 0.29) is 12.0 Å². The summed E-state index contributed by atoms with van der Waals surface area (Å²) in [4.78, 5) is 25.2. The fraction of sp³-hybridized carbons (Fsp3) is 0.150. The number of hydrogen-bond acceptors (Lipinski definition) is 4. The average molecular weight is 382 g/mol. The first-order valence-electron chi connectivity index (χ1n) is 8.33. The van der Waals surface area contributed by atoms with Gasteiger partial charge in [0.05, 0.1) is 30.4 Å². The summed E-state index contributed by atoms with van der Waals surface area (Å²) < 4.78 is 7.94. The number of esters is 1. The van der Waals surface area contributed by atoms with Crippen molar-refractivity contribution < 1.29 is 9.53 Å². The van der Waals surface area contributed by atoms with E-state index in [0.717, 1.165) is 10.9 Å². The van der Waals surface area contributed by atoms with E-state index in [4.69, 9.17) is 16.3 Å². The maximum atomic E-state index is 13.2. The van der Waals surface area contributed by atoms with Crippen molar-refractivity contribution in [2.45, 2.75) is 6.42 Å². The Balaban J connectivity index is 2.16. The third kappa shape index (κ3) is 2.78. The van der Waals surface area contributed by atoms with Gasteiger partial charge in [0, 0.05) is 22.8 Å². The van der Waals surface area contributed by atoms with Crippen LogP contribution in [0.2, 0.25) is 5.02 Å². The lowest BCUT2D eigenvalue weighted by Gasteiger charge is -2.09. The summed E-state index contributed by atoms with van der Waals surface area (Å²) in [5.74, 6) is -0.423. The van der Waals surface area contributed by atoms with Gasteiger partial charge in [-0.05, 0) is 24.3 Å². The summed E-state index contributed by atoms with van der Waals surface area (Å²) in [5, 5.41) is 6.54. The van der Waals surface area contributed by atoms with E-state index in [1.54, 1.807) is 35.9 Å². The number of ether oxygens (including phenoxy) is 1. The number of halogens is 1. The molecule has 0 aliphatic heterocycles. The van der Waals surface area contributed by atoms with Crippen molar-refractivity contribution in [1.82, 2.24) is 14.3 Å². The Labute approximate surface area is 159 Å². The van der Waals surface area contributed by atoms with Gasteiger partial charge in [0.2, 0.25) is 0 Å². The summed E-state index contributed by atoms with van der Waals surface area (Å²) in [7, 11) is 3.13. The zero-order valence-electron chi connectivity index (χ0n) is 14.8. The van der Waals surface area contributed by atoms with Crippen molar-refractivity contribution in [1.29, 1.82) is 0 Å². The minimum Gasteiger partial charge on any atom is -0.469 e. The molecule has 4 rings (SSSR count). The van der Waals surface area contributed by atoms with Crippen LogP contribution in [0.15, 0.2) is 53.3 Å². The highest BCUT2D eigenvalue weighted by molar-refractivity contribution is 6.31. The van der Waals surface area contributed by atoms with Crippen LogP contribution in [0.3, 0.4) is 0 Å². The van der Waals surface area contributed by atoms with Crippen LogP contribution in [-0.2, 0) is 23.0 Å². The van der Waals surface area contributed by atoms with Crippen molar-refractivity contribution in [2.75, 3.05) is 7.11 Å². The third-order valence-electron chi connectivity index (χ3n) is 4.61. The molecule has 0 bridgehead atoms. The molecule has 0 fully saturated rings. The predicted molar refractivity (Wildman–Crippen MR) is 105 cm³/mol. The van der Waals surface area contributed by atoms with Crippen LogP contribution in [0.5, 0.6) is 0 Å². The topological polar surface area (TPSA) is 66.1 Å². The lowest BCUT2D eigenvalue weighted by molar-refractivity contribution is -0.139. The maximum Gasteiger partial charge on any atom is 0.311 e. The molecular weight excluding hydrogens is 366 g/mol. The van der Waals surface area contributed by atoms with E-state index in [2.05, 4.69) is 5.10 Å². The molecule has 0 N–H and O–H groups in total. The van der Waals surface area contributed by atoms with Gasteiger partial charge in [0.1, 0.15) is 5.52 Å². The fourth-order valence-corrected chi connectivity index (χ4v) is 3.51. The third-order valence-corrected chi connectivity index (χ3v) is 4.84. The zero-order valence-corrected chi connectivity index (χ0v) is 15.5. The van der Waals surface area contributed by atoms with E-state index >= 15 is 0 Å². The van der Waals surface area contributed by atoms with Gasteiger partial charge in [-0.3, -0.25) is 9.59 Å². The molecule has 0 aliphatic carbocycles. The highest BCUT2D eigenvalue weighted by Gasteiger charge is 2.21. The Hall–Kier alpha value is -3.12. The van der Waals surface area contributed by atoms with Crippen LogP contribution in [-0.4, -0.2) is 27.4 Å². The molecule has 7 heteroatoms. The van der Waals surface area contributed by atoms with Crippen molar-refractivity contribution in [3.05, 3.63) is 69.6 Å². The normalized spacial score (nSPS) is 11.2. The second-order valence-corrected chi connectivity index (χ2v) is 6.63. The van der Waals surface area contributed by atoms with Crippen LogP contribution in [0.25, 0.3) is 27.5 Å². The van der Waals surface area contributed by atoms with E-state index in [9.17, 15) is 9.59 Å². The first-order valence-corrected chi connectivity index (χ1v) is 8.71. The lowest BCUT2D eigenvalue weighted by atomic mass is 10.1. The van der Waals surface area contributed by atoms with Crippen LogP contribution in [0.4, 0.5) is 0 Å². The highest BCUT2D eigenvalue weighted by Crippen LogP contribution is 2.30. The second-order valence-electron chi connectivity index (χ2n) is 6.20. The van der Waals surface area contributed by atoms with Gasteiger partial charge in [-0.2, -0.15) is 9.78 Å². The summed E-state index contributed by atoms with van der Waals surface area (Å²) in [6.45, 7) is 0. The fourth-order valence-electron chi connectivity index (χ4n) is 3.35. The molecule has 0 aliphatic rings. The summed E-state index contributed by atoms with van der Waals surface area (Å²) in [5.41, 5.74) is 2.10. The number of fused-ring (bicyclic) bond motifs is 3. The first-order chi connectivity index (χ1) is 13.0. The molecular formula is C20H16ClN3O3. The lowest BCUT2D eigenvalue weighted by Crippen LogP contribution is -2.25. The molecule has 0 atom stereocenters. The van der Waals surface area contributed by atoms with Gasteiger partial charge in [-0.15, -0.1) is 0 Å². The molecule has 0 radical (unpaired) electrons. The van der Waals surface area contributed by atoms with Crippen molar-refractivity contribution in [2.24, 2.45) is 7.05 Å². The van der Waals surface area contributed by atoms with Gasteiger partial charge < -0.3 is 9.30 Å². The number of hydrogen-bond donors (Lipinski definition) is 0. The number of carbonyl (C=O) groups is 1. The van der Waals surface area contributed by atoms with Gasteiger partial charge in [0.25, 0.3) is 5.56 Å². The molecule has 0 saturated carbocycles. The quantitative estimate of drug-likeness (QED) is 0.511. The molecule has 2 aromatic heterocycles. The summed E-state index contributed by atoms with van der Waals surface area (Å²) >= 11 is 6.15. The molecule has 0 unspecified atom stereocenters. The van der Waals surface area contributed by atoms with Crippen LogP contribution in [0.1, 0.15) is 5.69 Å². The number of methoxy groups -OCH3 is 1. The van der Waals surface area contributed by atoms with E-state index < -0.39 is 5.97 Å². The van der Waals surface area contributed by atoms with E-state index in [1.165, 1.54) is 11.8 Å². The summed E-state index contributed by atoms with van der Waals surface area (Å²) in [6, 6.07) is 14.5. The highest BCUT2D eigenvalue weighted by atomic mass is 35.5. The first kappa shape index (κ1) is 17.3. The van der Waals surface area contributed by atoms with Gasteiger partial charge in [0.15, 0.2) is 0 Å². The number of benzene rings is 2. The smallest absolute Gasteiger partial charge is 0.311 e. The zero-order chi connectivity index (χ0) is 19.1. The summed E-state index contributed by atoms with van der Waals surface area (Å²) in [6.07, 6.45) is -0.0398. The standard InChI is InChI=1S/C20H16ClN3O3/c1-23-16-10-12(21)8-9-14(16)18-15(11-17(25)27-2)22-24(20(26)19(18)23)13-6-4-3-5-7-13/h3-10H,11H2,1-2H3. The largest absolute Gasteiger partial charge is 0.469 e. The molecule has 0 amide bonds. The van der Waals surface area contributed by atoms with Gasteiger partial charge >= 0.3 is 5.97 Å². The Bertz CT molecular complexity index is 1240. The average Bonchev–Trinajstić information content (AvgIpc) is 2.97. The molecule has 0 spiro atoms. The van der Waals surface area contributed by atoms with Crippen LogP contribution >= 0.6 is 11.6 Å². The number of carbonyl (C=O) groups excluding carboxylic acids is 1. The Kier molecular flexibility index (Phi) is 4.20. The Morgan fingerprint density at radius 2 is 1.93 bits per heavy atom. The Morgan fingerprint density at radius 3 is 2.63 bits per heavy atom. The predicted octanol–water partition coefficient (Wildman–Crippen LogP) is 3.25. The van der Waals surface area contributed by atoms with Crippen molar-refractivity contribution in [3.63, 3.8) is 0 Å². The van der Waals surface area contributed by atoms with Crippen LogP contribution < -0.4 is 5.56 Å². The number of aromatic nitrogens is 3. The van der Waals surface area contributed by atoms with Gasteiger partial charge in [-0.25, -0.2) is 0 Å². The number of nitrogens with zero attached hydrogens (tertiary/aromatic N) is 3. The van der Waals surface area contributed by atoms with Crippen molar-refractivity contribution in [3.8, 4) is 5.69 Å². The number of rotatable bonds is 3. The second kappa shape index (κ2) is 6.55. The number of para-hydroxylation sites is 1. The molecule has 4 aromatic rings. The molecule has 0 saturated heterocycles. The SMILES string of the molecule is COC(=O)Cc1nn(-c2ccccc2)c(=O)c2c1c1ccc(Cl)cc1n2C. The minimum atomic E-state index is -0.423. The maximum absolute atomic E-state index is 13.2. The molecule has 27 heavy (non-hydrogen) atoms. The molecule has 2 aromatic carbocycles. The van der Waals surface area contributed by atoms with Crippen LogP contribution in [0, 0.1) is 0 Å². The van der Waals surface area contributed by atoms with E-state index in [1.807, 2.05) is 24.3 Å². The number of aryl methyl sites for hydroxylation is 1. The molecule has 2 heterocycles. The molecule has 6 nitrogen and oxygen atoms in total.